The molecular formula is C16H27N3. The molecule has 0 amide bonds. The Kier molecular flexibility index (Phi) is 5.34. The topological polar surface area (TPSA) is 42.2 Å². The maximum Gasteiger partial charge on any atom is 0.0673 e. The first-order chi connectivity index (χ1) is 9.24. The third-order valence-electron chi connectivity index (χ3n) is 4.24. The highest BCUT2D eigenvalue weighted by atomic mass is 15.2. The zero-order chi connectivity index (χ0) is 13.7. The predicted octanol–water partition coefficient (Wildman–Crippen LogP) is 3.12. The van der Waals surface area contributed by atoms with Gasteiger partial charge in [-0.1, -0.05) is 25.8 Å². The lowest BCUT2D eigenvalue weighted by Gasteiger charge is -2.38. The van der Waals surface area contributed by atoms with Crippen molar-refractivity contribution in [1.29, 1.82) is 0 Å². The summed E-state index contributed by atoms with van der Waals surface area (Å²) < 4.78 is 0. The number of likely N-dealkylation sites (tertiary alicyclic amines) is 1. The fourth-order valence-corrected chi connectivity index (χ4v) is 3.30. The zero-order valence-corrected chi connectivity index (χ0v) is 12.3. The van der Waals surface area contributed by atoms with Crippen molar-refractivity contribution in [1.82, 2.24) is 9.88 Å². The Morgan fingerprint density at radius 1 is 1.37 bits per heavy atom. The van der Waals surface area contributed by atoms with E-state index < -0.39 is 0 Å². The molecule has 0 aromatic carbocycles. The van der Waals surface area contributed by atoms with E-state index in [1.54, 1.807) is 0 Å². The Balaban J connectivity index is 2.26. The van der Waals surface area contributed by atoms with E-state index in [2.05, 4.69) is 35.9 Å². The summed E-state index contributed by atoms with van der Waals surface area (Å²) in [6.07, 6.45) is 8.36. The average molecular weight is 261 g/mol. The molecule has 0 saturated carbocycles. The van der Waals surface area contributed by atoms with E-state index in [4.69, 9.17) is 5.73 Å². The van der Waals surface area contributed by atoms with Crippen LogP contribution in [0, 0.1) is 0 Å². The van der Waals surface area contributed by atoms with Crippen LogP contribution >= 0.6 is 0 Å². The van der Waals surface area contributed by atoms with Gasteiger partial charge in [0.1, 0.15) is 0 Å². The third-order valence-corrected chi connectivity index (χ3v) is 4.24. The molecule has 106 valence electrons. The highest BCUT2D eigenvalue weighted by Gasteiger charge is 2.30. The van der Waals surface area contributed by atoms with Gasteiger partial charge in [0.2, 0.25) is 0 Å². The van der Waals surface area contributed by atoms with Gasteiger partial charge >= 0.3 is 0 Å². The van der Waals surface area contributed by atoms with Gasteiger partial charge in [0.15, 0.2) is 0 Å². The second-order valence-electron chi connectivity index (χ2n) is 5.71. The maximum atomic E-state index is 6.29. The monoisotopic (exact) mass is 261 g/mol. The number of pyridine rings is 1. The smallest absolute Gasteiger partial charge is 0.0673 e. The lowest BCUT2D eigenvalue weighted by molar-refractivity contribution is 0.114. The van der Waals surface area contributed by atoms with Gasteiger partial charge in [-0.2, -0.15) is 0 Å². The molecule has 3 heteroatoms. The van der Waals surface area contributed by atoms with Gasteiger partial charge in [0.05, 0.1) is 11.7 Å². The Labute approximate surface area is 117 Å². The van der Waals surface area contributed by atoms with Crippen LogP contribution in [0.25, 0.3) is 0 Å². The van der Waals surface area contributed by atoms with Crippen molar-refractivity contribution < 1.29 is 0 Å². The number of aromatic nitrogens is 1. The van der Waals surface area contributed by atoms with Crippen molar-refractivity contribution in [3.8, 4) is 0 Å². The molecule has 3 nitrogen and oxygen atoms in total. The first kappa shape index (κ1) is 14.5. The maximum absolute atomic E-state index is 6.29. The number of nitrogens with two attached hydrogens (primary N) is 1. The molecule has 1 aromatic rings. The van der Waals surface area contributed by atoms with Gasteiger partial charge in [-0.3, -0.25) is 9.88 Å². The van der Waals surface area contributed by atoms with Crippen molar-refractivity contribution in [2.45, 2.75) is 64.1 Å². The number of hydrogen-bond acceptors (Lipinski definition) is 3. The molecular weight excluding hydrogens is 234 g/mol. The van der Waals surface area contributed by atoms with E-state index in [1.807, 2.05) is 12.3 Å². The van der Waals surface area contributed by atoms with Crippen molar-refractivity contribution in [3.63, 3.8) is 0 Å². The fourth-order valence-electron chi connectivity index (χ4n) is 3.30. The van der Waals surface area contributed by atoms with Crippen LogP contribution in [-0.4, -0.2) is 28.5 Å². The second-order valence-corrected chi connectivity index (χ2v) is 5.71. The Bertz CT molecular complexity index is 364. The summed E-state index contributed by atoms with van der Waals surface area (Å²) in [5.74, 6) is 0. The first-order valence-corrected chi connectivity index (χ1v) is 7.66. The first-order valence-electron chi connectivity index (χ1n) is 7.66. The van der Waals surface area contributed by atoms with Crippen LogP contribution < -0.4 is 5.73 Å². The summed E-state index contributed by atoms with van der Waals surface area (Å²) in [5, 5.41) is 0. The molecule has 1 aromatic heterocycles. The van der Waals surface area contributed by atoms with Crippen LogP contribution in [-0.2, 0) is 0 Å². The molecule has 2 N–H and O–H groups in total. The minimum atomic E-state index is 0.113. The van der Waals surface area contributed by atoms with Gasteiger partial charge in [0.25, 0.3) is 0 Å². The second kappa shape index (κ2) is 7.01. The number of nitrogens with zero attached hydrogens (tertiary/aromatic N) is 2. The van der Waals surface area contributed by atoms with E-state index in [9.17, 15) is 0 Å². The van der Waals surface area contributed by atoms with Crippen LogP contribution in [0.4, 0.5) is 0 Å². The van der Waals surface area contributed by atoms with Gasteiger partial charge < -0.3 is 5.73 Å². The standard InChI is InChI=1S/C16H27N3/c1-3-14-9-5-4-8-12-19(14)16(13(2)17)15-10-6-7-11-18-15/h6-7,10-11,13-14,16H,3-5,8-9,12,17H2,1-2H3. The molecule has 2 heterocycles. The molecule has 2 rings (SSSR count). The Morgan fingerprint density at radius 3 is 2.84 bits per heavy atom. The molecule has 0 aliphatic carbocycles. The summed E-state index contributed by atoms with van der Waals surface area (Å²) in [6.45, 7) is 5.55. The van der Waals surface area contributed by atoms with Crippen LogP contribution in [0.2, 0.25) is 0 Å². The van der Waals surface area contributed by atoms with Crippen molar-refractivity contribution in [3.05, 3.63) is 30.1 Å². The third kappa shape index (κ3) is 3.54. The predicted molar refractivity (Wildman–Crippen MR) is 79.9 cm³/mol. The molecule has 3 unspecified atom stereocenters. The lowest BCUT2D eigenvalue weighted by Crippen LogP contribution is -2.45. The van der Waals surface area contributed by atoms with Crippen LogP contribution in [0.15, 0.2) is 24.4 Å². The lowest BCUT2D eigenvalue weighted by atomic mass is 9.99. The van der Waals surface area contributed by atoms with Crippen molar-refractivity contribution in [2.75, 3.05) is 6.54 Å². The molecule has 0 spiro atoms. The van der Waals surface area contributed by atoms with E-state index >= 15 is 0 Å². The van der Waals surface area contributed by atoms with E-state index in [0.29, 0.717) is 6.04 Å². The van der Waals surface area contributed by atoms with Crippen molar-refractivity contribution in [2.24, 2.45) is 5.73 Å². The summed E-state index contributed by atoms with van der Waals surface area (Å²) in [7, 11) is 0. The van der Waals surface area contributed by atoms with Gasteiger partial charge in [-0.25, -0.2) is 0 Å². The molecule has 0 radical (unpaired) electrons. The molecule has 1 fully saturated rings. The molecule has 19 heavy (non-hydrogen) atoms. The van der Waals surface area contributed by atoms with Crippen LogP contribution in [0.5, 0.6) is 0 Å². The molecule has 1 aliphatic heterocycles. The summed E-state index contributed by atoms with van der Waals surface area (Å²) >= 11 is 0. The zero-order valence-electron chi connectivity index (χ0n) is 12.3. The quantitative estimate of drug-likeness (QED) is 0.905. The van der Waals surface area contributed by atoms with Crippen molar-refractivity contribution >= 4 is 0 Å². The minimum absolute atomic E-state index is 0.113. The molecule has 0 bridgehead atoms. The number of rotatable bonds is 4. The van der Waals surface area contributed by atoms with Crippen LogP contribution in [0.3, 0.4) is 0 Å². The summed E-state index contributed by atoms with van der Waals surface area (Å²) in [5.41, 5.74) is 7.41. The van der Waals surface area contributed by atoms with Crippen LogP contribution in [0.1, 0.15) is 57.7 Å². The highest BCUT2D eigenvalue weighted by Crippen LogP contribution is 2.30. The highest BCUT2D eigenvalue weighted by molar-refractivity contribution is 5.11. The molecule has 1 saturated heterocycles. The molecule has 3 atom stereocenters. The minimum Gasteiger partial charge on any atom is -0.326 e. The largest absolute Gasteiger partial charge is 0.326 e. The molecule has 1 aliphatic rings. The summed E-state index contributed by atoms with van der Waals surface area (Å²) in [4.78, 5) is 7.16. The van der Waals surface area contributed by atoms with Gasteiger partial charge in [0, 0.05) is 18.3 Å². The van der Waals surface area contributed by atoms with Gasteiger partial charge in [-0.05, 0) is 44.9 Å². The Morgan fingerprint density at radius 2 is 2.21 bits per heavy atom. The van der Waals surface area contributed by atoms with Gasteiger partial charge in [-0.15, -0.1) is 0 Å². The average Bonchev–Trinajstić information content (AvgIpc) is 2.65. The van der Waals surface area contributed by atoms with E-state index in [0.717, 1.165) is 12.2 Å². The Hall–Kier alpha value is -0.930. The number of hydrogen-bond donors (Lipinski definition) is 1. The van der Waals surface area contributed by atoms with E-state index in [-0.39, 0.29) is 12.1 Å². The van der Waals surface area contributed by atoms with E-state index in [1.165, 1.54) is 32.1 Å². The normalized spacial score (nSPS) is 24.7. The fraction of sp³-hybridized carbons (Fsp3) is 0.688. The summed E-state index contributed by atoms with van der Waals surface area (Å²) in [6, 6.07) is 7.18. The SMILES string of the molecule is CCC1CCCCCN1C(c1ccccn1)C(C)N.